The van der Waals surface area contributed by atoms with Crippen molar-refractivity contribution in [3.8, 4) is 22.9 Å². The van der Waals surface area contributed by atoms with Gasteiger partial charge in [-0.3, -0.25) is 14.2 Å². The van der Waals surface area contributed by atoms with Crippen molar-refractivity contribution in [2.75, 3.05) is 13.7 Å². The molecule has 0 unspecified atom stereocenters. The van der Waals surface area contributed by atoms with Crippen molar-refractivity contribution in [2.45, 2.75) is 25.5 Å². The maximum atomic E-state index is 13.1. The first kappa shape index (κ1) is 24.4. The van der Waals surface area contributed by atoms with Crippen LogP contribution in [0.2, 0.25) is 0 Å². The van der Waals surface area contributed by atoms with Crippen molar-refractivity contribution < 1.29 is 40.6 Å². The number of carbonyl (C=O) groups excluding carboxylic acids is 1. The van der Waals surface area contributed by atoms with E-state index in [9.17, 15) is 31.1 Å². The number of hydrogen-bond donors (Lipinski definition) is 0. The fourth-order valence-corrected chi connectivity index (χ4v) is 4.03. The Morgan fingerprint density at radius 1 is 1.03 bits per heavy atom. The van der Waals surface area contributed by atoms with Crippen LogP contribution in [0.3, 0.4) is 0 Å². The predicted molar refractivity (Wildman–Crippen MR) is 109 cm³/mol. The number of halogens is 6. The molecule has 0 atom stereocenters. The van der Waals surface area contributed by atoms with Crippen molar-refractivity contribution >= 4 is 5.91 Å². The number of ether oxygens (including phenoxy) is 2. The largest absolute Gasteiger partial charge is 0.573 e. The summed E-state index contributed by atoms with van der Waals surface area (Å²) >= 11 is 0. The van der Waals surface area contributed by atoms with Crippen LogP contribution in [0.25, 0.3) is 11.4 Å². The summed E-state index contributed by atoms with van der Waals surface area (Å²) < 4.78 is 89.5. The van der Waals surface area contributed by atoms with Crippen molar-refractivity contribution in [3.63, 3.8) is 0 Å². The average molecular weight is 503 g/mol. The van der Waals surface area contributed by atoms with Gasteiger partial charge >= 0.3 is 12.5 Å². The summed E-state index contributed by atoms with van der Waals surface area (Å²) in [4.78, 5) is 14.4. The van der Waals surface area contributed by atoms with Gasteiger partial charge < -0.3 is 14.4 Å². The summed E-state index contributed by atoms with van der Waals surface area (Å²) in [5.41, 5.74) is 0.310. The third-order valence-corrected chi connectivity index (χ3v) is 5.55. The number of aryl methyl sites for hydroxylation is 2. The molecular weight excluding hydrogens is 484 g/mol. The van der Waals surface area contributed by atoms with Crippen molar-refractivity contribution in [1.29, 1.82) is 0 Å². The van der Waals surface area contributed by atoms with Crippen LogP contribution in [0.5, 0.6) is 11.5 Å². The van der Waals surface area contributed by atoms with Crippen molar-refractivity contribution in [1.82, 2.24) is 24.5 Å². The highest BCUT2D eigenvalue weighted by Crippen LogP contribution is 2.36. The molecule has 1 aliphatic rings. The highest BCUT2D eigenvalue weighted by atomic mass is 19.4. The minimum atomic E-state index is -5.02. The van der Waals surface area contributed by atoms with Crippen molar-refractivity contribution in [3.05, 3.63) is 46.8 Å². The molecule has 1 amide bonds. The van der Waals surface area contributed by atoms with Crippen LogP contribution in [0.1, 0.15) is 27.3 Å². The molecule has 0 aliphatic carbocycles. The molecule has 188 valence electrons. The standard InChI is InChI=1S/C21H19F6N5O3/c1-30-15(9-17(29-30)20(22,23)24)18-12-6-7-32(10-14(12)28-31(18)2)19(33)13-5-4-11(34-3)8-16(13)35-21(25,26)27/h4-5,8-9H,6-7,10H2,1-3H3. The molecule has 0 saturated carbocycles. The maximum absolute atomic E-state index is 13.1. The Morgan fingerprint density at radius 2 is 1.74 bits per heavy atom. The van der Waals surface area contributed by atoms with Gasteiger partial charge in [-0.2, -0.15) is 23.4 Å². The van der Waals surface area contributed by atoms with E-state index in [0.717, 1.165) is 16.8 Å². The Labute approximate surface area is 194 Å². The van der Waals surface area contributed by atoms with Gasteiger partial charge in [0.2, 0.25) is 0 Å². The number of benzene rings is 1. The molecule has 2 aromatic heterocycles. The highest BCUT2D eigenvalue weighted by Gasteiger charge is 2.37. The molecule has 0 bridgehead atoms. The van der Waals surface area contributed by atoms with Crippen LogP contribution in [0, 0.1) is 0 Å². The Balaban J connectivity index is 1.65. The van der Waals surface area contributed by atoms with E-state index in [2.05, 4.69) is 14.9 Å². The van der Waals surface area contributed by atoms with Gasteiger partial charge in [-0.25, -0.2) is 0 Å². The first-order valence-electron chi connectivity index (χ1n) is 10.2. The lowest BCUT2D eigenvalue weighted by molar-refractivity contribution is -0.274. The second kappa shape index (κ2) is 8.50. The first-order chi connectivity index (χ1) is 16.3. The molecule has 0 saturated heterocycles. The third-order valence-electron chi connectivity index (χ3n) is 5.55. The summed E-state index contributed by atoms with van der Waals surface area (Å²) in [5.74, 6) is -1.35. The van der Waals surface area contributed by atoms with E-state index in [4.69, 9.17) is 4.74 Å². The highest BCUT2D eigenvalue weighted by molar-refractivity contribution is 5.97. The van der Waals surface area contributed by atoms with E-state index >= 15 is 0 Å². The number of fused-ring (bicyclic) bond motifs is 1. The summed E-state index contributed by atoms with van der Waals surface area (Å²) in [6, 6.07) is 4.41. The quantitative estimate of drug-likeness (QED) is 0.505. The van der Waals surface area contributed by atoms with E-state index in [0.29, 0.717) is 17.0 Å². The SMILES string of the molecule is COc1ccc(C(=O)N2CCc3c(nn(C)c3-c3cc(C(F)(F)F)nn3C)C2)c(OC(F)(F)F)c1. The molecule has 14 heteroatoms. The average Bonchev–Trinajstić information content (AvgIpc) is 3.29. The summed E-state index contributed by atoms with van der Waals surface area (Å²) in [6.07, 6.45) is -9.42. The van der Waals surface area contributed by atoms with Gasteiger partial charge in [0.05, 0.1) is 36.3 Å². The molecule has 1 aliphatic heterocycles. The Kier molecular flexibility index (Phi) is 5.93. The van der Waals surface area contributed by atoms with E-state index in [1.807, 2.05) is 0 Å². The molecule has 3 aromatic rings. The Hall–Kier alpha value is -3.71. The number of hydrogen-bond acceptors (Lipinski definition) is 5. The number of nitrogens with zero attached hydrogens (tertiary/aromatic N) is 5. The van der Waals surface area contributed by atoms with Crippen LogP contribution >= 0.6 is 0 Å². The van der Waals surface area contributed by atoms with E-state index < -0.39 is 29.9 Å². The Morgan fingerprint density at radius 3 is 2.34 bits per heavy atom. The lowest BCUT2D eigenvalue weighted by Crippen LogP contribution is -2.36. The number of rotatable bonds is 4. The molecule has 0 radical (unpaired) electrons. The van der Waals surface area contributed by atoms with Crippen LogP contribution in [0.4, 0.5) is 26.3 Å². The van der Waals surface area contributed by atoms with Gasteiger partial charge in [-0.1, -0.05) is 0 Å². The second-order valence-corrected chi connectivity index (χ2v) is 7.82. The predicted octanol–water partition coefficient (Wildman–Crippen LogP) is 3.95. The fraction of sp³-hybridized carbons (Fsp3) is 0.381. The maximum Gasteiger partial charge on any atom is 0.573 e. The van der Waals surface area contributed by atoms with Crippen LogP contribution in [-0.4, -0.2) is 50.4 Å². The van der Waals surface area contributed by atoms with E-state index in [-0.39, 0.29) is 36.5 Å². The number of amides is 1. The van der Waals surface area contributed by atoms with Crippen LogP contribution in [0.15, 0.2) is 24.3 Å². The molecule has 1 aromatic carbocycles. The van der Waals surface area contributed by atoms with E-state index in [1.165, 1.54) is 35.9 Å². The zero-order chi connectivity index (χ0) is 25.7. The summed E-state index contributed by atoms with van der Waals surface area (Å²) in [5, 5.41) is 7.88. The molecule has 3 heterocycles. The zero-order valence-electron chi connectivity index (χ0n) is 18.7. The summed E-state index contributed by atoms with van der Waals surface area (Å²) in [7, 11) is 4.20. The Bertz CT molecular complexity index is 1280. The topological polar surface area (TPSA) is 74.4 Å². The molecule has 8 nitrogen and oxygen atoms in total. The van der Waals surface area contributed by atoms with Crippen molar-refractivity contribution in [2.24, 2.45) is 14.1 Å². The van der Waals surface area contributed by atoms with Gasteiger partial charge in [0.25, 0.3) is 5.91 Å². The van der Waals surface area contributed by atoms with Gasteiger partial charge in [0, 0.05) is 32.3 Å². The number of methoxy groups -OCH3 is 1. The molecular formula is C21H19F6N5O3. The normalized spacial score (nSPS) is 14.1. The fourth-order valence-electron chi connectivity index (χ4n) is 4.03. The lowest BCUT2D eigenvalue weighted by Gasteiger charge is -2.27. The first-order valence-corrected chi connectivity index (χ1v) is 10.2. The molecule has 35 heavy (non-hydrogen) atoms. The third kappa shape index (κ3) is 4.77. The second-order valence-electron chi connectivity index (χ2n) is 7.82. The van der Waals surface area contributed by atoms with Gasteiger partial charge in [-0.05, 0) is 24.6 Å². The van der Waals surface area contributed by atoms with Crippen LogP contribution < -0.4 is 9.47 Å². The van der Waals surface area contributed by atoms with Gasteiger partial charge in [0.1, 0.15) is 11.5 Å². The number of carbonyl (C=O) groups is 1. The monoisotopic (exact) mass is 503 g/mol. The minimum absolute atomic E-state index is 0.0521. The molecule has 0 spiro atoms. The van der Waals surface area contributed by atoms with Gasteiger partial charge in [-0.15, -0.1) is 13.2 Å². The smallest absolute Gasteiger partial charge is 0.497 e. The number of alkyl halides is 6. The minimum Gasteiger partial charge on any atom is -0.497 e. The lowest BCUT2D eigenvalue weighted by atomic mass is 10.0. The molecule has 0 fully saturated rings. The molecule has 0 N–H and O–H groups in total. The molecule has 4 rings (SSSR count). The van der Waals surface area contributed by atoms with E-state index in [1.54, 1.807) is 7.05 Å². The summed E-state index contributed by atoms with van der Waals surface area (Å²) in [6.45, 7) is 0.0511. The van der Waals surface area contributed by atoms with Crippen LogP contribution in [-0.2, 0) is 33.2 Å². The number of aromatic nitrogens is 4. The zero-order valence-corrected chi connectivity index (χ0v) is 18.7. The van der Waals surface area contributed by atoms with Gasteiger partial charge in [0.15, 0.2) is 5.69 Å².